The van der Waals surface area contributed by atoms with E-state index < -0.39 is 5.97 Å². The van der Waals surface area contributed by atoms with Gasteiger partial charge in [0, 0.05) is 13.0 Å². The second-order valence-corrected chi connectivity index (χ2v) is 4.61. The van der Waals surface area contributed by atoms with Crippen LogP contribution in [0.1, 0.15) is 32.6 Å². The zero-order valence-corrected chi connectivity index (χ0v) is 9.54. The average Bonchev–Trinajstić information content (AvgIpc) is 2.16. The number of nitrogens with zero attached hydrogens (tertiary/aromatic N) is 1. The third kappa shape index (κ3) is 4.98. The first kappa shape index (κ1) is 12.2. The summed E-state index contributed by atoms with van der Waals surface area (Å²) >= 11 is 0. The molecular weight excluding hydrogens is 190 g/mol. The highest BCUT2D eigenvalue weighted by Gasteiger charge is 2.19. The van der Waals surface area contributed by atoms with Crippen molar-refractivity contribution in [2.45, 2.75) is 32.6 Å². The lowest BCUT2D eigenvalue weighted by atomic mass is 9.92. The molecule has 0 aromatic heterocycles. The Morgan fingerprint density at radius 3 is 2.53 bits per heavy atom. The number of carboxylic acids is 1. The minimum absolute atomic E-state index is 0.325. The van der Waals surface area contributed by atoms with Crippen LogP contribution in [0.3, 0.4) is 0 Å². The Labute approximate surface area is 91.8 Å². The second-order valence-electron chi connectivity index (χ2n) is 4.61. The van der Waals surface area contributed by atoms with Gasteiger partial charge in [0.1, 0.15) is 0 Å². The minimum Gasteiger partial charge on any atom is -0.481 e. The number of aliphatic carboxylic acids is 1. The van der Waals surface area contributed by atoms with Crippen LogP contribution in [-0.2, 0) is 4.79 Å². The zero-order chi connectivity index (χ0) is 11.3. The summed E-state index contributed by atoms with van der Waals surface area (Å²) in [5.74, 6) is -0.0539. The maximum Gasteiger partial charge on any atom is 0.303 e. The first-order valence-electron chi connectivity index (χ1n) is 5.66. The highest BCUT2D eigenvalue weighted by molar-refractivity contribution is 5.66. The molecule has 0 amide bonds. The summed E-state index contributed by atoms with van der Waals surface area (Å²) in [5, 5.41) is 8.59. The maximum atomic E-state index is 10.4. The van der Waals surface area contributed by atoms with E-state index in [9.17, 15) is 4.79 Å². The molecule has 1 aliphatic heterocycles. The lowest BCUT2D eigenvalue weighted by Crippen LogP contribution is -2.34. The van der Waals surface area contributed by atoms with E-state index in [0.29, 0.717) is 12.3 Å². The van der Waals surface area contributed by atoms with Crippen molar-refractivity contribution in [3.63, 3.8) is 0 Å². The normalized spacial score (nSPS) is 19.0. The van der Waals surface area contributed by atoms with Gasteiger partial charge in [-0.15, -0.1) is 0 Å². The van der Waals surface area contributed by atoms with Crippen LogP contribution in [0.4, 0.5) is 0 Å². The fourth-order valence-electron chi connectivity index (χ4n) is 2.14. The predicted molar refractivity (Wildman–Crippen MR) is 60.8 cm³/mol. The molecule has 3 heteroatoms. The first-order chi connectivity index (χ1) is 7.08. The van der Waals surface area contributed by atoms with Crippen LogP contribution in [0.5, 0.6) is 0 Å². The molecule has 0 unspecified atom stereocenters. The van der Waals surface area contributed by atoms with Crippen LogP contribution >= 0.6 is 0 Å². The molecule has 1 rings (SSSR count). The number of hydrogen-bond acceptors (Lipinski definition) is 2. The first-order valence-corrected chi connectivity index (χ1v) is 5.66. The molecule has 86 valence electrons. The molecule has 1 aliphatic rings. The zero-order valence-electron chi connectivity index (χ0n) is 9.54. The quantitative estimate of drug-likeness (QED) is 0.708. The molecule has 1 N–H and O–H groups in total. The standard InChI is InChI=1S/C12H21NO2/c1-10(2)9-13-7-5-11(6-8-13)3-4-12(14)15/h11H,1,3-9H2,2H3,(H,14,15). The van der Waals surface area contributed by atoms with E-state index in [1.165, 1.54) is 5.57 Å². The Morgan fingerprint density at radius 2 is 2.07 bits per heavy atom. The van der Waals surface area contributed by atoms with Gasteiger partial charge in [-0.05, 0) is 45.2 Å². The van der Waals surface area contributed by atoms with E-state index in [2.05, 4.69) is 18.4 Å². The number of piperidine rings is 1. The van der Waals surface area contributed by atoms with Gasteiger partial charge in [0.2, 0.25) is 0 Å². The lowest BCUT2D eigenvalue weighted by Gasteiger charge is -2.31. The highest BCUT2D eigenvalue weighted by atomic mass is 16.4. The van der Waals surface area contributed by atoms with E-state index in [1.807, 2.05) is 0 Å². The van der Waals surface area contributed by atoms with Crippen LogP contribution in [0.25, 0.3) is 0 Å². The lowest BCUT2D eigenvalue weighted by molar-refractivity contribution is -0.137. The van der Waals surface area contributed by atoms with Crippen molar-refractivity contribution in [2.75, 3.05) is 19.6 Å². The molecular formula is C12H21NO2. The van der Waals surface area contributed by atoms with Crippen molar-refractivity contribution in [3.8, 4) is 0 Å². The van der Waals surface area contributed by atoms with Crippen LogP contribution in [0.15, 0.2) is 12.2 Å². The van der Waals surface area contributed by atoms with E-state index in [-0.39, 0.29) is 0 Å². The van der Waals surface area contributed by atoms with Crippen molar-refractivity contribution in [1.82, 2.24) is 4.90 Å². The molecule has 0 atom stereocenters. The Balaban J connectivity index is 2.18. The minimum atomic E-state index is -0.667. The Bertz CT molecular complexity index is 230. The summed E-state index contributed by atoms with van der Waals surface area (Å²) in [4.78, 5) is 12.8. The number of carboxylic acid groups (broad SMARTS) is 1. The van der Waals surface area contributed by atoms with Crippen LogP contribution in [0.2, 0.25) is 0 Å². The Kier molecular flexibility index (Phi) is 4.82. The van der Waals surface area contributed by atoms with E-state index in [4.69, 9.17) is 5.11 Å². The molecule has 1 heterocycles. The van der Waals surface area contributed by atoms with Gasteiger partial charge in [-0.3, -0.25) is 9.69 Å². The molecule has 0 bridgehead atoms. The third-order valence-corrected chi connectivity index (χ3v) is 2.97. The molecule has 0 spiro atoms. The third-order valence-electron chi connectivity index (χ3n) is 2.97. The van der Waals surface area contributed by atoms with Crippen molar-refractivity contribution in [2.24, 2.45) is 5.92 Å². The summed E-state index contributed by atoms with van der Waals surface area (Å²) in [7, 11) is 0. The average molecular weight is 211 g/mol. The number of carbonyl (C=O) groups is 1. The fraction of sp³-hybridized carbons (Fsp3) is 0.750. The van der Waals surface area contributed by atoms with Gasteiger partial charge < -0.3 is 5.11 Å². The van der Waals surface area contributed by atoms with Crippen molar-refractivity contribution < 1.29 is 9.90 Å². The van der Waals surface area contributed by atoms with Gasteiger partial charge >= 0.3 is 5.97 Å². The topological polar surface area (TPSA) is 40.5 Å². The molecule has 15 heavy (non-hydrogen) atoms. The SMILES string of the molecule is C=C(C)CN1CCC(CCC(=O)O)CC1. The van der Waals surface area contributed by atoms with Gasteiger partial charge in [-0.25, -0.2) is 0 Å². The molecule has 0 aliphatic carbocycles. The summed E-state index contributed by atoms with van der Waals surface area (Å²) < 4.78 is 0. The van der Waals surface area contributed by atoms with Gasteiger partial charge in [0.05, 0.1) is 0 Å². The van der Waals surface area contributed by atoms with Gasteiger partial charge in [0.15, 0.2) is 0 Å². The molecule has 0 aromatic rings. The summed E-state index contributed by atoms with van der Waals surface area (Å²) in [5.41, 5.74) is 1.21. The summed E-state index contributed by atoms with van der Waals surface area (Å²) in [6, 6.07) is 0. The summed E-state index contributed by atoms with van der Waals surface area (Å²) in [6.45, 7) is 9.14. The highest BCUT2D eigenvalue weighted by Crippen LogP contribution is 2.22. The van der Waals surface area contributed by atoms with Gasteiger partial charge in [-0.2, -0.15) is 0 Å². The number of likely N-dealkylation sites (tertiary alicyclic amines) is 1. The van der Waals surface area contributed by atoms with Crippen molar-refractivity contribution in [3.05, 3.63) is 12.2 Å². The number of hydrogen-bond donors (Lipinski definition) is 1. The largest absolute Gasteiger partial charge is 0.481 e. The molecule has 1 saturated heterocycles. The monoisotopic (exact) mass is 211 g/mol. The Hall–Kier alpha value is -0.830. The predicted octanol–water partition coefficient (Wildman–Crippen LogP) is 2.14. The molecule has 1 fully saturated rings. The molecule has 0 aromatic carbocycles. The fourth-order valence-corrected chi connectivity index (χ4v) is 2.14. The van der Waals surface area contributed by atoms with Crippen molar-refractivity contribution in [1.29, 1.82) is 0 Å². The van der Waals surface area contributed by atoms with Gasteiger partial charge in [0.25, 0.3) is 0 Å². The van der Waals surface area contributed by atoms with Crippen LogP contribution in [-0.4, -0.2) is 35.6 Å². The molecule has 0 radical (unpaired) electrons. The van der Waals surface area contributed by atoms with Gasteiger partial charge in [-0.1, -0.05) is 12.2 Å². The smallest absolute Gasteiger partial charge is 0.303 e. The van der Waals surface area contributed by atoms with E-state index in [1.54, 1.807) is 0 Å². The van der Waals surface area contributed by atoms with E-state index in [0.717, 1.165) is 38.9 Å². The van der Waals surface area contributed by atoms with Crippen LogP contribution < -0.4 is 0 Å². The molecule has 0 saturated carbocycles. The maximum absolute atomic E-state index is 10.4. The summed E-state index contributed by atoms with van der Waals surface area (Å²) in [6.07, 6.45) is 3.45. The second kappa shape index (κ2) is 5.91. The van der Waals surface area contributed by atoms with E-state index >= 15 is 0 Å². The molecule has 3 nitrogen and oxygen atoms in total. The van der Waals surface area contributed by atoms with Crippen LogP contribution in [0, 0.1) is 5.92 Å². The Morgan fingerprint density at radius 1 is 1.47 bits per heavy atom. The number of rotatable bonds is 5. The van der Waals surface area contributed by atoms with Crippen molar-refractivity contribution >= 4 is 5.97 Å².